The number of anilines is 2. The van der Waals surface area contributed by atoms with E-state index in [4.69, 9.17) is 22.9 Å². The number of aryl methyl sites for hydroxylation is 1. The summed E-state index contributed by atoms with van der Waals surface area (Å²) in [5, 5.41) is 24.6. The lowest BCUT2D eigenvalue weighted by Gasteiger charge is -2.39. The van der Waals surface area contributed by atoms with Gasteiger partial charge in [0.2, 0.25) is 0 Å². The summed E-state index contributed by atoms with van der Waals surface area (Å²) < 4.78 is 6.18. The van der Waals surface area contributed by atoms with Gasteiger partial charge in [-0.05, 0) is 55.9 Å². The van der Waals surface area contributed by atoms with Crippen molar-refractivity contribution in [2.24, 2.45) is 0 Å². The Morgan fingerprint density at radius 2 is 2.00 bits per heavy atom. The van der Waals surface area contributed by atoms with Gasteiger partial charge < -0.3 is 20.1 Å². The normalized spacial score (nSPS) is 19.5. The number of nitrogens with one attached hydrogen (secondary N) is 1. The van der Waals surface area contributed by atoms with Crippen LogP contribution in [0.15, 0.2) is 36.4 Å². The molecule has 0 bridgehead atoms. The van der Waals surface area contributed by atoms with Crippen LogP contribution in [0.5, 0.6) is 0 Å². The molecule has 7 nitrogen and oxygen atoms in total. The zero-order valence-corrected chi connectivity index (χ0v) is 20.0. The predicted molar refractivity (Wildman–Crippen MR) is 135 cm³/mol. The van der Waals surface area contributed by atoms with E-state index in [0.717, 1.165) is 71.5 Å². The van der Waals surface area contributed by atoms with E-state index in [1.54, 1.807) is 0 Å². The van der Waals surface area contributed by atoms with Gasteiger partial charge in [-0.25, -0.2) is 4.85 Å². The summed E-state index contributed by atoms with van der Waals surface area (Å²) in [6.45, 7) is 11.7. The topological polar surface area (TPSA) is 74.9 Å². The third kappa shape index (κ3) is 4.41. The number of halogens is 1. The van der Waals surface area contributed by atoms with Crippen LogP contribution in [0.1, 0.15) is 36.8 Å². The molecule has 2 aliphatic heterocycles. The van der Waals surface area contributed by atoms with Gasteiger partial charge in [-0.2, -0.15) is 0 Å². The van der Waals surface area contributed by atoms with Gasteiger partial charge in [0.05, 0.1) is 24.9 Å². The van der Waals surface area contributed by atoms with Crippen LogP contribution in [0, 0.1) is 13.5 Å². The van der Waals surface area contributed by atoms with Gasteiger partial charge in [-0.1, -0.05) is 35.9 Å². The van der Waals surface area contributed by atoms with E-state index in [1.807, 2.05) is 43.3 Å². The molecule has 0 radical (unpaired) electrons. The zero-order chi connectivity index (χ0) is 23.7. The van der Waals surface area contributed by atoms with Gasteiger partial charge in [-0.3, -0.25) is 0 Å². The van der Waals surface area contributed by atoms with Crippen LogP contribution in [-0.2, 0) is 11.3 Å². The van der Waals surface area contributed by atoms with Crippen molar-refractivity contribution in [1.29, 1.82) is 0 Å². The van der Waals surface area contributed by atoms with Crippen molar-refractivity contribution in [2.75, 3.05) is 29.9 Å². The Balaban J connectivity index is 1.40. The monoisotopic (exact) mass is 477 g/mol. The first-order valence-electron chi connectivity index (χ1n) is 11.7. The predicted octanol–water partition coefficient (Wildman–Crippen LogP) is 5.26. The van der Waals surface area contributed by atoms with Crippen molar-refractivity contribution in [3.63, 3.8) is 0 Å². The summed E-state index contributed by atoms with van der Waals surface area (Å²) in [5.74, 6) is 1.49. The number of aromatic nitrogens is 2. The molecular weight excluding hydrogens is 450 g/mol. The SMILES string of the molecule is [C-]#[N+]c1ccc2c(N3CCC4(CC[C@H](CO)O4)CC3)nnc(NCc3ccc(C)c(Cl)c3)c2c1. The van der Waals surface area contributed by atoms with E-state index >= 15 is 0 Å². The molecule has 3 heterocycles. The molecule has 0 unspecified atom stereocenters. The Kier molecular flexibility index (Phi) is 6.30. The van der Waals surface area contributed by atoms with Crippen LogP contribution < -0.4 is 10.2 Å². The number of aliphatic hydroxyl groups excluding tert-OH is 1. The lowest BCUT2D eigenvalue weighted by atomic mass is 9.88. The number of aliphatic hydroxyl groups is 1. The van der Waals surface area contributed by atoms with Crippen molar-refractivity contribution in [3.8, 4) is 0 Å². The van der Waals surface area contributed by atoms with Gasteiger partial charge in [0, 0.05) is 35.4 Å². The molecule has 34 heavy (non-hydrogen) atoms. The highest BCUT2D eigenvalue weighted by Crippen LogP contribution is 2.41. The van der Waals surface area contributed by atoms with E-state index in [0.29, 0.717) is 18.1 Å². The van der Waals surface area contributed by atoms with Crippen LogP contribution in [0.4, 0.5) is 17.3 Å². The van der Waals surface area contributed by atoms with E-state index < -0.39 is 0 Å². The summed E-state index contributed by atoms with van der Waals surface area (Å²) in [6.07, 6.45) is 3.69. The maximum atomic E-state index is 9.45. The van der Waals surface area contributed by atoms with Gasteiger partial charge in [0.15, 0.2) is 17.3 Å². The smallest absolute Gasteiger partial charge is 0.188 e. The molecule has 1 atom stereocenters. The van der Waals surface area contributed by atoms with Crippen LogP contribution in [0.3, 0.4) is 0 Å². The second kappa shape index (κ2) is 9.38. The van der Waals surface area contributed by atoms with E-state index in [1.165, 1.54) is 0 Å². The van der Waals surface area contributed by atoms with Crippen molar-refractivity contribution in [3.05, 3.63) is 64.0 Å². The second-order valence-electron chi connectivity index (χ2n) is 9.28. The van der Waals surface area contributed by atoms with Gasteiger partial charge in [0.25, 0.3) is 0 Å². The maximum absolute atomic E-state index is 9.45. The summed E-state index contributed by atoms with van der Waals surface area (Å²) >= 11 is 6.28. The van der Waals surface area contributed by atoms with E-state index in [2.05, 4.69) is 25.3 Å². The third-order valence-electron chi connectivity index (χ3n) is 7.09. The number of hydrogen-bond acceptors (Lipinski definition) is 6. The number of benzene rings is 2. The summed E-state index contributed by atoms with van der Waals surface area (Å²) in [7, 11) is 0. The van der Waals surface area contributed by atoms with Crippen LogP contribution >= 0.6 is 11.6 Å². The molecule has 176 valence electrons. The van der Waals surface area contributed by atoms with Crippen LogP contribution in [0.25, 0.3) is 15.6 Å². The van der Waals surface area contributed by atoms with Crippen LogP contribution in [0.2, 0.25) is 5.02 Å². The largest absolute Gasteiger partial charge is 0.394 e. The van der Waals surface area contributed by atoms with Crippen molar-refractivity contribution in [2.45, 2.75) is 50.9 Å². The molecule has 2 aromatic carbocycles. The Hall–Kier alpha value is -2.92. The van der Waals surface area contributed by atoms with Gasteiger partial charge in [-0.15, -0.1) is 10.2 Å². The van der Waals surface area contributed by atoms with Gasteiger partial charge in [0.1, 0.15) is 0 Å². The molecule has 2 saturated heterocycles. The molecule has 2 fully saturated rings. The molecule has 0 aliphatic carbocycles. The second-order valence-corrected chi connectivity index (χ2v) is 9.69. The summed E-state index contributed by atoms with van der Waals surface area (Å²) in [5.41, 5.74) is 2.54. The highest BCUT2D eigenvalue weighted by Gasteiger charge is 2.42. The first-order valence-corrected chi connectivity index (χ1v) is 12.1. The average molecular weight is 478 g/mol. The summed E-state index contributed by atoms with van der Waals surface area (Å²) in [6, 6.07) is 11.7. The molecule has 3 aromatic rings. The molecule has 0 amide bonds. The average Bonchev–Trinajstić information content (AvgIpc) is 3.27. The van der Waals surface area contributed by atoms with Crippen molar-refractivity contribution in [1.82, 2.24) is 10.2 Å². The Morgan fingerprint density at radius 1 is 1.18 bits per heavy atom. The highest BCUT2D eigenvalue weighted by atomic mass is 35.5. The lowest BCUT2D eigenvalue weighted by Crippen LogP contribution is -2.45. The zero-order valence-electron chi connectivity index (χ0n) is 19.2. The Morgan fingerprint density at radius 3 is 2.71 bits per heavy atom. The van der Waals surface area contributed by atoms with Crippen molar-refractivity contribution < 1.29 is 9.84 Å². The Bertz CT molecular complexity index is 1250. The quantitative estimate of drug-likeness (QED) is 0.488. The molecule has 1 aromatic heterocycles. The molecule has 2 aliphatic rings. The number of hydrogen-bond donors (Lipinski definition) is 2. The number of ether oxygens (including phenoxy) is 1. The Labute approximate surface area is 204 Å². The van der Waals surface area contributed by atoms with Crippen LogP contribution in [-0.4, -0.2) is 46.7 Å². The number of fused-ring (bicyclic) bond motifs is 1. The van der Waals surface area contributed by atoms with Gasteiger partial charge >= 0.3 is 0 Å². The number of nitrogens with zero attached hydrogens (tertiary/aromatic N) is 4. The first-order chi connectivity index (χ1) is 16.5. The molecule has 1 spiro atoms. The highest BCUT2D eigenvalue weighted by molar-refractivity contribution is 6.31. The number of rotatable bonds is 5. The van der Waals surface area contributed by atoms with Crippen molar-refractivity contribution >= 4 is 39.7 Å². The minimum Gasteiger partial charge on any atom is -0.394 e. The van der Waals surface area contributed by atoms with E-state index in [9.17, 15) is 5.11 Å². The maximum Gasteiger partial charge on any atom is 0.188 e. The lowest BCUT2D eigenvalue weighted by molar-refractivity contribution is -0.0713. The molecule has 0 saturated carbocycles. The minimum absolute atomic E-state index is 0.0343. The first kappa shape index (κ1) is 22.9. The third-order valence-corrected chi connectivity index (χ3v) is 7.49. The number of piperidine rings is 1. The molecule has 5 rings (SSSR count). The standard InChI is InChI=1S/C26H28ClN5O2/c1-17-3-4-18(13-23(17)27)15-29-24-22-14-19(28-2)5-6-21(22)25(31-30-24)32-11-9-26(10-12-32)8-7-20(16-33)34-26/h3-6,13-14,20,33H,7-12,15-16H2,1H3,(H,29,30)/t20-/m1/s1. The fraction of sp³-hybridized carbons (Fsp3) is 0.423. The minimum atomic E-state index is -0.124. The summed E-state index contributed by atoms with van der Waals surface area (Å²) in [4.78, 5) is 5.87. The molecular formula is C26H28ClN5O2. The molecule has 8 heteroatoms. The fourth-order valence-electron chi connectivity index (χ4n) is 5.01. The van der Waals surface area contributed by atoms with E-state index in [-0.39, 0.29) is 18.3 Å². The molecule has 2 N–H and O–H groups in total. The fourth-order valence-corrected chi connectivity index (χ4v) is 5.22.